The normalized spacial score (nSPS) is 14.0. The zero-order chi connectivity index (χ0) is 17.5. The zero-order valence-corrected chi connectivity index (χ0v) is 14.7. The molecule has 0 N–H and O–H groups in total. The van der Waals surface area contributed by atoms with Crippen LogP contribution < -0.4 is 5.69 Å². The highest BCUT2D eigenvalue weighted by molar-refractivity contribution is 7.13. The lowest BCUT2D eigenvalue weighted by Crippen LogP contribution is -2.25. The maximum absolute atomic E-state index is 12.8. The van der Waals surface area contributed by atoms with E-state index in [1.165, 1.54) is 4.68 Å². The van der Waals surface area contributed by atoms with E-state index in [4.69, 9.17) is 4.42 Å². The molecule has 130 valence electrons. The van der Waals surface area contributed by atoms with E-state index < -0.39 is 0 Å². The van der Waals surface area contributed by atoms with Gasteiger partial charge in [-0.1, -0.05) is 30.3 Å². The Morgan fingerprint density at radius 1 is 1.15 bits per heavy atom. The fourth-order valence-corrected chi connectivity index (χ4v) is 3.82. The Hall–Kier alpha value is -2.93. The van der Waals surface area contributed by atoms with Gasteiger partial charge in [0.05, 0.1) is 18.5 Å². The summed E-state index contributed by atoms with van der Waals surface area (Å²) in [6.07, 6.45) is 3.62. The summed E-state index contributed by atoms with van der Waals surface area (Å²) in [6, 6.07) is 13.9. The average molecular weight is 364 g/mol. The standard InChI is InChI=1S/C19H16N4O2S/c24-19-22(11-14-12-26-18(20-14)13-5-2-1-3-6-13)21-17(16-7-4-10-25-16)23(19)15-8-9-15/h1-7,10,12,15H,8-9,11H2. The number of aromatic nitrogens is 4. The summed E-state index contributed by atoms with van der Waals surface area (Å²) in [7, 11) is 0. The molecule has 0 saturated heterocycles. The molecule has 3 heterocycles. The van der Waals surface area contributed by atoms with Gasteiger partial charge in [-0.3, -0.25) is 4.57 Å². The summed E-state index contributed by atoms with van der Waals surface area (Å²) in [5.74, 6) is 1.22. The Kier molecular flexibility index (Phi) is 3.60. The minimum atomic E-state index is -0.104. The summed E-state index contributed by atoms with van der Waals surface area (Å²) in [6.45, 7) is 0.357. The largest absolute Gasteiger partial charge is 0.461 e. The molecule has 0 atom stereocenters. The lowest BCUT2D eigenvalue weighted by Gasteiger charge is -1.99. The molecular formula is C19H16N4O2S. The van der Waals surface area contributed by atoms with E-state index in [0.29, 0.717) is 18.1 Å². The second-order valence-corrected chi connectivity index (χ2v) is 7.21. The third-order valence-corrected chi connectivity index (χ3v) is 5.35. The number of nitrogens with zero attached hydrogens (tertiary/aromatic N) is 4. The molecule has 0 amide bonds. The second kappa shape index (κ2) is 6.10. The van der Waals surface area contributed by atoms with Gasteiger partial charge < -0.3 is 4.42 Å². The fourth-order valence-electron chi connectivity index (χ4n) is 3.01. The highest BCUT2D eigenvalue weighted by atomic mass is 32.1. The quantitative estimate of drug-likeness (QED) is 0.540. The van der Waals surface area contributed by atoms with Crippen LogP contribution in [0.1, 0.15) is 24.6 Å². The van der Waals surface area contributed by atoms with Crippen molar-refractivity contribution in [2.24, 2.45) is 0 Å². The molecule has 4 aromatic rings. The van der Waals surface area contributed by atoms with Crippen LogP contribution in [-0.4, -0.2) is 19.3 Å². The Morgan fingerprint density at radius 3 is 2.73 bits per heavy atom. The van der Waals surface area contributed by atoms with Crippen molar-refractivity contribution >= 4 is 11.3 Å². The molecule has 0 radical (unpaired) electrons. The monoisotopic (exact) mass is 364 g/mol. The van der Waals surface area contributed by atoms with Gasteiger partial charge in [-0.25, -0.2) is 14.5 Å². The molecule has 1 aliphatic carbocycles. The van der Waals surface area contributed by atoms with Crippen LogP contribution in [-0.2, 0) is 6.54 Å². The van der Waals surface area contributed by atoms with E-state index >= 15 is 0 Å². The highest BCUT2D eigenvalue weighted by Gasteiger charge is 2.31. The Morgan fingerprint density at radius 2 is 2.00 bits per heavy atom. The number of rotatable bonds is 5. The van der Waals surface area contributed by atoms with Crippen molar-refractivity contribution in [3.05, 3.63) is 70.3 Å². The number of thiazole rings is 1. The number of benzene rings is 1. The molecule has 1 aliphatic rings. The molecule has 1 aromatic carbocycles. The molecular weight excluding hydrogens is 348 g/mol. The van der Waals surface area contributed by atoms with E-state index in [2.05, 4.69) is 10.1 Å². The lowest BCUT2D eigenvalue weighted by molar-refractivity contribution is 0.568. The third kappa shape index (κ3) is 2.70. The second-order valence-electron chi connectivity index (χ2n) is 6.35. The fraction of sp³-hybridized carbons (Fsp3) is 0.211. The van der Waals surface area contributed by atoms with Crippen molar-refractivity contribution in [2.75, 3.05) is 0 Å². The number of hydrogen-bond donors (Lipinski definition) is 0. The SMILES string of the molecule is O=c1n(Cc2csc(-c3ccccc3)n2)nc(-c2ccco2)n1C1CC1. The third-order valence-electron chi connectivity index (χ3n) is 4.41. The van der Waals surface area contributed by atoms with Crippen LogP contribution in [0.3, 0.4) is 0 Å². The van der Waals surface area contributed by atoms with Crippen molar-refractivity contribution < 1.29 is 4.42 Å². The van der Waals surface area contributed by atoms with Crippen molar-refractivity contribution in [3.8, 4) is 22.2 Å². The van der Waals surface area contributed by atoms with Crippen LogP contribution in [0.5, 0.6) is 0 Å². The molecule has 0 unspecified atom stereocenters. The predicted molar refractivity (Wildman–Crippen MR) is 99.1 cm³/mol. The Bertz CT molecular complexity index is 1090. The zero-order valence-electron chi connectivity index (χ0n) is 13.9. The van der Waals surface area contributed by atoms with Crippen LogP contribution in [0.4, 0.5) is 0 Å². The summed E-state index contributed by atoms with van der Waals surface area (Å²) >= 11 is 1.58. The first-order chi connectivity index (χ1) is 12.8. The summed E-state index contributed by atoms with van der Waals surface area (Å²) in [5.41, 5.74) is 1.81. The molecule has 0 aliphatic heterocycles. The summed E-state index contributed by atoms with van der Waals surface area (Å²) < 4.78 is 8.71. The van der Waals surface area contributed by atoms with Gasteiger partial charge in [0, 0.05) is 17.0 Å². The van der Waals surface area contributed by atoms with Crippen molar-refractivity contribution in [3.63, 3.8) is 0 Å². The van der Waals surface area contributed by atoms with Gasteiger partial charge in [-0.2, -0.15) is 0 Å². The molecule has 7 heteroatoms. The first-order valence-corrected chi connectivity index (χ1v) is 9.40. The van der Waals surface area contributed by atoms with Crippen molar-refractivity contribution in [1.29, 1.82) is 0 Å². The summed E-state index contributed by atoms with van der Waals surface area (Å²) in [4.78, 5) is 17.5. The van der Waals surface area contributed by atoms with Gasteiger partial charge in [0.25, 0.3) is 0 Å². The van der Waals surface area contributed by atoms with E-state index in [0.717, 1.165) is 29.1 Å². The van der Waals surface area contributed by atoms with Crippen molar-refractivity contribution in [2.45, 2.75) is 25.4 Å². The molecule has 0 spiro atoms. The number of furan rings is 1. The van der Waals surface area contributed by atoms with Crippen LogP contribution in [0.15, 0.2) is 63.3 Å². The van der Waals surface area contributed by atoms with Crippen LogP contribution in [0.25, 0.3) is 22.2 Å². The molecule has 3 aromatic heterocycles. The predicted octanol–water partition coefficient (Wildman–Crippen LogP) is 3.81. The van der Waals surface area contributed by atoms with Gasteiger partial charge in [0.2, 0.25) is 5.82 Å². The number of hydrogen-bond acceptors (Lipinski definition) is 5. The smallest absolute Gasteiger partial charge is 0.346 e. The molecule has 1 fully saturated rings. The molecule has 1 saturated carbocycles. The van der Waals surface area contributed by atoms with Crippen LogP contribution in [0, 0.1) is 0 Å². The molecule has 6 nitrogen and oxygen atoms in total. The van der Waals surface area contributed by atoms with Gasteiger partial charge in [0.1, 0.15) is 5.01 Å². The first-order valence-electron chi connectivity index (χ1n) is 8.52. The lowest BCUT2D eigenvalue weighted by atomic mass is 10.2. The first kappa shape index (κ1) is 15.3. The Labute approximate surface area is 153 Å². The van der Waals surface area contributed by atoms with Gasteiger partial charge >= 0.3 is 5.69 Å². The molecule has 5 rings (SSSR count). The maximum atomic E-state index is 12.8. The minimum absolute atomic E-state index is 0.104. The molecule has 0 bridgehead atoms. The van der Waals surface area contributed by atoms with E-state index in [1.54, 1.807) is 22.2 Å². The maximum Gasteiger partial charge on any atom is 0.346 e. The minimum Gasteiger partial charge on any atom is -0.461 e. The summed E-state index contributed by atoms with van der Waals surface area (Å²) in [5, 5.41) is 7.46. The Balaban J connectivity index is 1.49. The highest BCUT2D eigenvalue weighted by Crippen LogP contribution is 2.36. The van der Waals surface area contributed by atoms with E-state index in [9.17, 15) is 4.79 Å². The van der Waals surface area contributed by atoms with Crippen LogP contribution in [0.2, 0.25) is 0 Å². The van der Waals surface area contributed by atoms with Crippen LogP contribution >= 0.6 is 11.3 Å². The van der Waals surface area contributed by atoms with Gasteiger partial charge in [-0.15, -0.1) is 16.4 Å². The van der Waals surface area contributed by atoms with E-state index in [1.807, 2.05) is 47.8 Å². The van der Waals surface area contributed by atoms with E-state index in [-0.39, 0.29) is 11.7 Å². The molecule has 26 heavy (non-hydrogen) atoms. The average Bonchev–Trinajstić information content (AvgIpc) is 3.08. The van der Waals surface area contributed by atoms with Crippen molar-refractivity contribution in [1.82, 2.24) is 19.3 Å². The topological polar surface area (TPSA) is 65.8 Å². The van der Waals surface area contributed by atoms with Gasteiger partial charge in [-0.05, 0) is 25.0 Å². The van der Waals surface area contributed by atoms with Gasteiger partial charge in [0.15, 0.2) is 5.76 Å².